The first kappa shape index (κ1) is 13.3. The number of nitrogens with one attached hydrogen (secondary N) is 2. The zero-order valence-corrected chi connectivity index (χ0v) is 11.6. The van der Waals surface area contributed by atoms with Crippen LogP contribution in [-0.4, -0.2) is 15.7 Å². The Kier molecular flexibility index (Phi) is 3.64. The van der Waals surface area contributed by atoms with E-state index in [2.05, 4.69) is 20.5 Å². The van der Waals surface area contributed by atoms with Crippen LogP contribution < -0.4 is 5.43 Å². The van der Waals surface area contributed by atoms with Crippen molar-refractivity contribution in [3.63, 3.8) is 0 Å². The molecule has 0 unspecified atom stereocenters. The van der Waals surface area contributed by atoms with E-state index < -0.39 is 0 Å². The van der Waals surface area contributed by atoms with Crippen molar-refractivity contribution in [1.29, 1.82) is 0 Å². The molecule has 0 bridgehead atoms. The van der Waals surface area contributed by atoms with Crippen LogP contribution in [0.5, 0.6) is 0 Å². The van der Waals surface area contributed by atoms with Crippen molar-refractivity contribution in [1.82, 2.24) is 9.97 Å². The first-order valence-electron chi connectivity index (χ1n) is 6.79. The van der Waals surface area contributed by atoms with Gasteiger partial charge in [0, 0.05) is 0 Å². The van der Waals surface area contributed by atoms with Crippen LogP contribution >= 0.6 is 0 Å². The Morgan fingerprint density at radius 2 is 1.95 bits per heavy atom. The van der Waals surface area contributed by atoms with Gasteiger partial charge in [-0.05, 0) is 36.2 Å². The van der Waals surface area contributed by atoms with Crippen molar-refractivity contribution in [2.45, 2.75) is 13.3 Å². The van der Waals surface area contributed by atoms with E-state index >= 15 is 0 Å². The van der Waals surface area contributed by atoms with E-state index in [1.807, 2.05) is 31.2 Å². The summed E-state index contributed by atoms with van der Waals surface area (Å²) in [6.45, 7) is 2.00. The lowest BCUT2D eigenvalue weighted by Crippen LogP contribution is -2.03. The molecule has 0 aliphatic rings. The largest absolute Gasteiger partial charge is 0.323 e. The van der Waals surface area contributed by atoms with Crippen LogP contribution in [0.15, 0.2) is 53.6 Å². The number of nitrogens with zero attached hydrogens (tertiary/aromatic N) is 2. The van der Waals surface area contributed by atoms with E-state index in [1.54, 1.807) is 12.1 Å². The Balaban J connectivity index is 1.83. The highest BCUT2D eigenvalue weighted by Gasteiger charge is 2.04. The zero-order valence-electron chi connectivity index (χ0n) is 11.6. The van der Waals surface area contributed by atoms with Gasteiger partial charge in [-0.2, -0.15) is 5.10 Å². The molecule has 1 heterocycles. The predicted molar refractivity (Wildman–Crippen MR) is 82.9 cm³/mol. The molecule has 106 valence electrons. The maximum atomic E-state index is 13.0. The van der Waals surface area contributed by atoms with Gasteiger partial charge in [-0.3, -0.25) is 0 Å². The van der Waals surface area contributed by atoms with Gasteiger partial charge in [-0.15, -0.1) is 0 Å². The summed E-state index contributed by atoms with van der Waals surface area (Å²) in [7, 11) is 0. The smallest absolute Gasteiger partial charge is 0.222 e. The van der Waals surface area contributed by atoms with E-state index in [0.717, 1.165) is 28.7 Å². The summed E-state index contributed by atoms with van der Waals surface area (Å²) in [4.78, 5) is 7.54. The highest BCUT2D eigenvalue weighted by molar-refractivity contribution is 6.00. The fraction of sp³-hybridized carbons (Fsp3) is 0.125. The molecule has 5 heteroatoms. The molecule has 0 radical (unpaired) electrons. The average Bonchev–Trinajstić information content (AvgIpc) is 2.92. The number of aromatic amines is 1. The number of anilines is 1. The van der Waals surface area contributed by atoms with Crippen molar-refractivity contribution >= 4 is 22.7 Å². The fourth-order valence-electron chi connectivity index (χ4n) is 2.12. The molecular weight excluding hydrogens is 267 g/mol. The number of hydrogen-bond acceptors (Lipinski definition) is 3. The molecule has 0 aliphatic heterocycles. The van der Waals surface area contributed by atoms with Crippen molar-refractivity contribution in [2.75, 3.05) is 5.43 Å². The number of imidazole rings is 1. The van der Waals surface area contributed by atoms with Crippen LogP contribution in [0.3, 0.4) is 0 Å². The summed E-state index contributed by atoms with van der Waals surface area (Å²) in [5.41, 5.74) is 6.50. The second-order valence-corrected chi connectivity index (χ2v) is 4.63. The molecule has 0 saturated carbocycles. The number of benzene rings is 2. The van der Waals surface area contributed by atoms with Crippen LogP contribution in [0.1, 0.15) is 18.9 Å². The maximum absolute atomic E-state index is 13.0. The van der Waals surface area contributed by atoms with Gasteiger partial charge in [0.05, 0.1) is 16.7 Å². The predicted octanol–water partition coefficient (Wildman–Crippen LogP) is 3.93. The van der Waals surface area contributed by atoms with Crippen molar-refractivity contribution in [2.24, 2.45) is 5.10 Å². The number of rotatable bonds is 4. The van der Waals surface area contributed by atoms with Gasteiger partial charge in [0.1, 0.15) is 5.82 Å². The summed E-state index contributed by atoms with van der Waals surface area (Å²) in [5.74, 6) is 0.337. The average molecular weight is 282 g/mol. The Morgan fingerprint density at radius 1 is 1.19 bits per heavy atom. The first-order chi connectivity index (χ1) is 10.3. The zero-order chi connectivity index (χ0) is 14.7. The second kappa shape index (κ2) is 5.75. The summed E-state index contributed by atoms with van der Waals surface area (Å²) >= 11 is 0. The molecular formula is C16H15FN4. The summed E-state index contributed by atoms with van der Waals surface area (Å²) in [6.07, 6.45) is 0.735. The van der Waals surface area contributed by atoms with Crippen LogP contribution in [-0.2, 0) is 0 Å². The number of aromatic nitrogens is 2. The monoisotopic (exact) mass is 282 g/mol. The van der Waals surface area contributed by atoms with E-state index in [1.165, 1.54) is 12.1 Å². The first-order valence-corrected chi connectivity index (χ1v) is 6.79. The van der Waals surface area contributed by atoms with E-state index in [0.29, 0.717) is 5.95 Å². The minimum absolute atomic E-state index is 0.251. The van der Waals surface area contributed by atoms with Crippen LogP contribution in [0, 0.1) is 5.82 Å². The van der Waals surface area contributed by atoms with Gasteiger partial charge in [0.25, 0.3) is 0 Å². The molecule has 0 aliphatic carbocycles. The Bertz CT molecular complexity index is 741. The van der Waals surface area contributed by atoms with Gasteiger partial charge in [-0.25, -0.2) is 14.8 Å². The van der Waals surface area contributed by atoms with Crippen LogP contribution in [0.2, 0.25) is 0 Å². The Morgan fingerprint density at radius 3 is 2.67 bits per heavy atom. The number of hydrazone groups is 1. The SMILES string of the molecule is CC/C(=N/Nc1nc2ccccc2[nH]1)c1ccc(F)cc1. The summed E-state index contributed by atoms with van der Waals surface area (Å²) < 4.78 is 13.0. The molecule has 0 amide bonds. The topological polar surface area (TPSA) is 53.1 Å². The second-order valence-electron chi connectivity index (χ2n) is 4.63. The number of H-pyrrole nitrogens is 1. The van der Waals surface area contributed by atoms with Crippen molar-refractivity contribution < 1.29 is 4.39 Å². The molecule has 2 aromatic carbocycles. The Hall–Kier alpha value is -2.69. The van der Waals surface area contributed by atoms with Gasteiger partial charge in [0.15, 0.2) is 0 Å². The Labute approximate surface area is 121 Å². The third-order valence-electron chi connectivity index (χ3n) is 3.20. The lowest BCUT2D eigenvalue weighted by atomic mass is 10.1. The lowest BCUT2D eigenvalue weighted by molar-refractivity contribution is 0.627. The lowest BCUT2D eigenvalue weighted by Gasteiger charge is -2.04. The van der Waals surface area contributed by atoms with Gasteiger partial charge in [-0.1, -0.05) is 31.2 Å². The van der Waals surface area contributed by atoms with Gasteiger partial charge >= 0.3 is 0 Å². The minimum atomic E-state index is -0.251. The third-order valence-corrected chi connectivity index (χ3v) is 3.20. The molecule has 3 rings (SSSR count). The summed E-state index contributed by atoms with van der Waals surface area (Å²) in [6, 6.07) is 14.1. The van der Waals surface area contributed by atoms with Crippen LogP contribution in [0.4, 0.5) is 10.3 Å². The van der Waals surface area contributed by atoms with E-state index in [-0.39, 0.29) is 5.82 Å². The molecule has 4 nitrogen and oxygen atoms in total. The number of hydrogen-bond donors (Lipinski definition) is 2. The number of halogens is 1. The highest BCUT2D eigenvalue weighted by atomic mass is 19.1. The van der Waals surface area contributed by atoms with Gasteiger partial charge < -0.3 is 4.98 Å². The normalized spacial score (nSPS) is 11.8. The third kappa shape index (κ3) is 2.91. The fourth-order valence-corrected chi connectivity index (χ4v) is 2.12. The summed E-state index contributed by atoms with van der Waals surface area (Å²) in [5, 5.41) is 4.36. The molecule has 1 aromatic heterocycles. The van der Waals surface area contributed by atoms with Crippen LogP contribution in [0.25, 0.3) is 11.0 Å². The molecule has 3 aromatic rings. The van der Waals surface area contributed by atoms with Crippen molar-refractivity contribution in [3.05, 3.63) is 59.9 Å². The molecule has 2 N–H and O–H groups in total. The van der Waals surface area contributed by atoms with Crippen molar-refractivity contribution in [3.8, 4) is 0 Å². The number of fused-ring (bicyclic) bond motifs is 1. The van der Waals surface area contributed by atoms with E-state index in [4.69, 9.17) is 0 Å². The highest BCUT2D eigenvalue weighted by Crippen LogP contribution is 2.14. The van der Waals surface area contributed by atoms with Gasteiger partial charge in [0.2, 0.25) is 5.95 Å². The molecule has 0 atom stereocenters. The molecule has 0 saturated heterocycles. The standard InChI is InChI=1S/C16H15FN4/c1-2-13(11-7-9-12(17)10-8-11)20-21-16-18-14-5-3-4-6-15(14)19-16/h3-10H,2H2,1H3,(H2,18,19,21)/b20-13-. The quantitative estimate of drug-likeness (QED) is 0.562. The molecule has 21 heavy (non-hydrogen) atoms. The molecule has 0 spiro atoms. The number of para-hydroxylation sites is 2. The molecule has 0 fully saturated rings. The minimum Gasteiger partial charge on any atom is -0.323 e. The van der Waals surface area contributed by atoms with E-state index in [9.17, 15) is 4.39 Å². The maximum Gasteiger partial charge on any atom is 0.222 e.